The molecule has 1 aliphatic carbocycles. The molecule has 7 heteroatoms. The first kappa shape index (κ1) is 20.4. The van der Waals surface area contributed by atoms with Gasteiger partial charge in [0.1, 0.15) is 0 Å². The summed E-state index contributed by atoms with van der Waals surface area (Å²) in [7, 11) is 0. The molecule has 1 atom stereocenters. The zero-order valence-electron chi connectivity index (χ0n) is 15.7. The molecule has 1 heterocycles. The second-order valence-electron chi connectivity index (χ2n) is 7.54. The number of hydrogen-bond acceptors (Lipinski definition) is 2. The van der Waals surface area contributed by atoms with Gasteiger partial charge in [0.25, 0.3) is 0 Å². The van der Waals surface area contributed by atoms with E-state index in [2.05, 4.69) is 5.32 Å². The van der Waals surface area contributed by atoms with Crippen molar-refractivity contribution in [2.24, 2.45) is 5.92 Å². The third-order valence-electron chi connectivity index (χ3n) is 5.40. The summed E-state index contributed by atoms with van der Waals surface area (Å²) >= 11 is 0. The molecule has 2 aliphatic rings. The van der Waals surface area contributed by atoms with Crippen molar-refractivity contribution in [1.29, 1.82) is 0 Å². The number of anilines is 1. The van der Waals surface area contributed by atoms with Crippen molar-refractivity contribution in [2.45, 2.75) is 51.1 Å². The minimum absolute atomic E-state index is 0.136. The number of nitrogens with one attached hydrogen (secondary N) is 1. The van der Waals surface area contributed by atoms with Crippen LogP contribution in [0.4, 0.5) is 18.9 Å². The molecule has 0 bridgehead atoms. The molecule has 1 aromatic rings. The maximum Gasteiger partial charge on any atom is 0.416 e. The minimum atomic E-state index is -4.39. The Morgan fingerprint density at radius 2 is 1.89 bits per heavy atom. The number of nitrogens with zero attached hydrogens (tertiary/aromatic N) is 1. The van der Waals surface area contributed by atoms with Crippen LogP contribution in [-0.4, -0.2) is 29.8 Å². The van der Waals surface area contributed by atoms with Gasteiger partial charge in [-0.15, -0.1) is 0 Å². The molecule has 1 aromatic carbocycles. The Bertz CT molecular complexity index is 741. The molecule has 1 unspecified atom stereocenters. The van der Waals surface area contributed by atoms with Gasteiger partial charge in [-0.3, -0.25) is 9.59 Å². The van der Waals surface area contributed by atoms with Crippen molar-refractivity contribution >= 4 is 17.5 Å². The second-order valence-corrected chi connectivity index (χ2v) is 7.54. The van der Waals surface area contributed by atoms with Crippen LogP contribution in [0.3, 0.4) is 0 Å². The summed E-state index contributed by atoms with van der Waals surface area (Å²) in [5.74, 6) is 0.191. The maximum atomic E-state index is 12.6. The van der Waals surface area contributed by atoms with E-state index in [0.29, 0.717) is 18.7 Å². The third kappa shape index (κ3) is 5.36. The van der Waals surface area contributed by atoms with Gasteiger partial charge in [-0.25, -0.2) is 0 Å². The number of hydrogen-bond donors (Lipinski definition) is 1. The predicted molar refractivity (Wildman–Crippen MR) is 101 cm³/mol. The van der Waals surface area contributed by atoms with Gasteiger partial charge in [0.2, 0.25) is 11.8 Å². The predicted octanol–water partition coefficient (Wildman–Crippen LogP) is 4.77. The highest BCUT2D eigenvalue weighted by atomic mass is 19.4. The van der Waals surface area contributed by atoms with Crippen LogP contribution < -0.4 is 5.32 Å². The number of halogens is 3. The standard InChI is InChI=1S/C21H25F3N2O2/c22-21(23,24)17-8-10-18(11-9-17)25-19(27)12-7-15-4-3-13-26(14-15)20(28)16-5-1-2-6-16/h5,8-11,15H,1-4,6-7,12-14H2,(H,25,27). The van der Waals surface area contributed by atoms with E-state index in [-0.39, 0.29) is 24.2 Å². The molecule has 1 aliphatic heterocycles. The lowest BCUT2D eigenvalue weighted by Gasteiger charge is -2.33. The van der Waals surface area contributed by atoms with Gasteiger partial charge in [-0.05, 0) is 68.7 Å². The monoisotopic (exact) mass is 394 g/mol. The van der Waals surface area contributed by atoms with Crippen LogP contribution in [0.2, 0.25) is 0 Å². The Morgan fingerprint density at radius 1 is 1.14 bits per heavy atom. The molecular weight excluding hydrogens is 369 g/mol. The van der Waals surface area contributed by atoms with Crippen LogP contribution in [0, 0.1) is 5.92 Å². The minimum Gasteiger partial charge on any atom is -0.339 e. The summed E-state index contributed by atoms with van der Waals surface area (Å²) < 4.78 is 37.7. The van der Waals surface area contributed by atoms with E-state index >= 15 is 0 Å². The Hall–Kier alpha value is -2.31. The van der Waals surface area contributed by atoms with Gasteiger partial charge >= 0.3 is 6.18 Å². The third-order valence-corrected chi connectivity index (χ3v) is 5.40. The van der Waals surface area contributed by atoms with Crippen LogP contribution in [-0.2, 0) is 15.8 Å². The van der Waals surface area contributed by atoms with Crippen LogP contribution >= 0.6 is 0 Å². The second kappa shape index (κ2) is 8.80. The molecule has 28 heavy (non-hydrogen) atoms. The number of amides is 2. The van der Waals surface area contributed by atoms with Crippen molar-refractivity contribution in [1.82, 2.24) is 4.90 Å². The highest BCUT2D eigenvalue weighted by molar-refractivity contribution is 5.94. The molecule has 1 fully saturated rings. The van der Waals surface area contributed by atoms with Crippen LogP contribution in [0.25, 0.3) is 0 Å². The van der Waals surface area contributed by atoms with E-state index < -0.39 is 11.7 Å². The van der Waals surface area contributed by atoms with Gasteiger partial charge < -0.3 is 10.2 Å². The van der Waals surface area contributed by atoms with Gasteiger partial charge in [0.15, 0.2) is 0 Å². The largest absolute Gasteiger partial charge is 0.416 e. The number of piperidine rings is 1. The van der Waals surface area contributed by atoms with Crippen molar-refractivity contribution in [3.63, 3.8) is 0 Å². The molecule has 0 saturated carbocycles. The SMILES string of the molecule is O=C(CCC1CCCN(C(=O)C2=CCCC2)C1)Nc1ccc(C(F)(F)F)cc1. The first-order chi connectivity index (χ1) is 13.3. The molecule has 2 amide bonds. The first-order valence-electron chi connectivity index (χ1n) is 9.78. The maximum absolute atomic E-state index is 12.6. The first-order valence-corrected chi connectivity index (χ1v) is 9.78. The summed E-state index contributed by atoms with van der Waals surface area (Å²) in [6, 6.07) is 4.43. The van der Waals surface area contributed by atoms with Crippen molar-refractivity contribution in [2.75, 3.05) is 18.4 Å². The zero-order chi connectivity index (χ0) is 20.1. The fraction of sp³-hybridized carbons (Fsp3) is 0.524. The molecular formula is C21H25F3N2O2. The quantitative estimate of drug-likeness (QED) is 0.782. The lowest BCUT2D eigenvalue weighted by molar-refractivity contribution is -0.137. The van der Waals surface area contributed by atoms with E-state index in [1.165, 1.54) is 12.1 Å². The lowest BCUT2D eigenvalue weighted by Crippen LogP contribution is -2.40. The fourth-order valence-electron chi connectivity index (χ4n) is 3.85. The van der Waals surface area contributed by atoms with Crippen LogP contribution in [0.1, 0.15) is 50.5 Å². The molecule has 1 N–H and O–H groups in total. The lowest BCUT2D eigenvalue weighted by atomic mass is 9.92. The van der Waals surface area contributed by atoms with E-state index in [1.54, 1.807) is 0 Å². The van der Waals surface area contributed by atoms with E-state index in [9.17, 15) is 22.8 Å². The number of benzene rings is 1. The Morgan fingerprint density at radius 3 is 2.54 bits per heavy atom. The Balaban J connectivity index is 1.45. The molecule has 1 saturated heterocycles. The van der Waals surface area contributed by atoms with E-state index in [1.807, 2.05) is 11.0 Å². The number of rotatable bonds is 5. The van der Waals surface area contributed by atoms with E-state index in [4.69, 9.17) is 0 Å². The molecule has 0 aromatic heterocycles. The zero-order valence-corrected chi connectivity index (χ0v) is 15.7. The summed E-state index contributed by atoms with van der Waals surface area (Å²) in [6.07, 6.45) is 3.39. The molecule has 152 valence electrons. The van der Waals surface area contributed by atoms with Crippen molar-refractivity contribution < 1.29 is 22.8 Å². The molecule has 3 rings (SSSR count). The van der Waals surface area contributed by atoms with Gasteiger partial charge in [-0.1, -0.05) is 6.08 Å². The fourth-order valence-corrected chi connectivity index (χ4v) is 3.85. The Labute approximate surface area is 162 Å². The van der Waals surface area contributed by atoms with Gasteiger partial charge in [0, 0.05) is 30.8 Å². The van der Waals surface area contributed by atoms with Gasteiger partial charge in [-0.2, -0.15) is 13.2 Å². The number of carbonyl (C=O) groups excluding carboxylic acids is 2. The van der Waals surface area contributed by atoms with Gasteiger partial charge in [0.05, 0.1) is 5.56 Å². The summed E-state index contributed by atoms with van der Waals surface area (Å²) in [5.41, 5.74) is 0.530. The summed E-state index contributed by atoms with van der Waals surface area (Å²) in [6.45, 7) is 1.44. The molecule has 4 nitrogen and oxygen atoms in total. The number of alkyl halides is 3. The molecule has 0 spiro atoms. The summed E-state index contributed by atoms with van der Waals surface area (Å²) in [5, 5.41) is 2.64. The van der Waals surface area contributed by atoms with Crippen LogP contribution in [0.15, 0.2) is 35.9 Å². The van der Waals surface area contributed by atoms with Crippen molar-refractivity contribution in [3.05, 3.63) is 41.5 Å². The number of allylic oxidation sites excluding steroid dienone is 1. The normalized spacial score (nSPS) is 20.0. The number of likely N-dealkylation sites (tertiary alicyclic amines) is 1. The number of carbonyl (C=O) groups is 2. The molecule has 0 radical (unpaired) electrons. The average Bonchev–Trinajstić information content (AvgIpc) is 3.20. The smallest absolute Gasteiger partial charge is 0.339 e. The van der Waals surface area contributed by atoms with Crippen LogP contribution in [0.5, 0.6) is 0 Å². The van der Waals surface area contributed by atoms with Crippen molar-refractivity contribution in [3.8, 4) is 0 Å². The average molecular weight is 394 g/mol. The Kier molecular flexibility index (Phi) is 6.42. The topological polar surface area (TPSA) is 49.4 Å². The highest BCUT2D eigenvalue weighted by Crippen LogP contribution is 2.30. The van der Waals surface area contributed by atoms with E-state index in [0.717, 1.165) is 56.4 Å². The highest BCUT2D eigenvalue weighted by Gasteiger charge is 2.30. The summed E-state index contributed by atoms with van der Waals surface area (Å²) in [4.78, 5) is 26.6.